The van der Waals surface area contributed by atoms with Gasteiger partial charge in [-0.05, 0) is 31.0 Å². The lowest BCUT2D eigenvalue weighted by Gasteiger charge is -2.12. The van der Waals surface area contributed by atoms with Crippen LogP contribution in [0, 0.1) is 0 Å². The molecule has 0 unspecified atom stereocenters. The van der Waals surface area contributed by atoms with E-state index in [1.165, 1.54) is 4.57 Å². The van der Waals surface area contributed by atoms with Crippen LogP contribution < -0.4 is 16.1 Å². The molecular formula is C20H26N4O3. The first kappa shape index (κ1) is 18.8. The number of nitrogens with zero attached hydrogens (tertiary/aromatic N) is 4. The Morgan fingerprint density at radius 3 is 2.11 bits per heavy atom. The Morgan fingerprint density at radius 1 is 0.963 bits per heavy atom. The van der Waals surface area contributed by atoms with E-state index < -0.39 is 5.56 Å². The van der Waals surface area contributed by atoms with Gasteiger partial charge in [0.2, 0.25) is 0 Å². The first-order valence-electron chi connectivity index (χ1n) is 9.26. The maximum Gasteiger partial charge on any atom is 0.331 e. The summed E-state index contributed by atoms with van der Waals surface area (Å²) in [6.07, 6.45) is 1.42. The van der Waals surface area contributed by atoms with Crippen LogP contribution >= 0.6 is 0 Å². The molecule has 0 amide bonds. The van der Waals surface area contributed by atoms with Gasteiger partial charge in [-0.2, -0.15) is 4.73 Å². The van der Waals surface area contributed by atoms with Crippen molar-refractivity contribution in [1.82, 2.24) is 13.9 Å². The molecule has 2 aromatic heterocycles. The molecule has 0 bridgehead atoms. The average molecular weight is 370 g/mol. The molecule has 0 aliphatic rings. The van der Waals surface area contributed by atoms with Gasteiger partial charge in [0.1, 0.15) is 0 Å². The van der Waals surface area contributed by atoms with E-state index in [-0.39, 0.29) is 11.2 Å². The summed E-state index contributed by atoms with van der Waals surface area (Å²) in [4.78, 5) is 27.6. The molecule has 1 aromatic carbocycles. The quantitative estimate of drug-likeness (QED) is 0.677. The molecule has 0 aliphatic carbocycles. The van der Waals surface area contributed by atoms with Crippen LogP contribution in [0.3, 0.4) is 0 Å². The van der Waals surface area contributed by atoms with E-state index in [0.717, 1.165) is 22.4 Å². The summed E-state index contributed by atoms with van der Waals surface area (Å²) in [5.74, 6) is 0. The van der Waals surface area contributed by atoms with Crippen molar-refractivity contribution < 1.29 is 5.21 Å². The lowest BCUT2D eigenvalue weighted by molar-refractivity contribution is 0.203. The van der Waals surface area contributed by atoms with Crippen LogP contribution in [0.2, 0.25) is 0 Å². The van der Waals surface area contributed by atoms with Gasteiger partial charge in [0, 0.05) is 38.4 Å². The molecule has 144 valence electrons. The molecule has 1 N–H and O–H groups in total. The van der Waals surface area contributed by atoms with Crippen molar-refractivity contribution in [1.29, 1.82) is 0 Å². The minimum Gasteiger partial charge on any atom is -0.428 e. The largest absolute Gasteiger partial charge is 0.428 e. The Hall–Kier alpha value is -2.96. The number of hydrogen-bond donors (Lipinski definition) is 1. The highest BCUT2D eigenvalue weighted by Crippen LogP contribution is 2.26. The van der Waals surface area contributed by atoms with Gasteiger partial charge in [0.15, 0.2) is 5.52 Å². The van der Waals surface area contributed by atoms with Crippen molar-refractivity contribution >= 4 is 16.7 Å². The van der Waals surface area contributed by atoms with Crippen LogP contribution in [0.1, 0.15) is 26.7 Å². The van der Waals surface area contributed by atoms with Crippen LogP contribution in [-0.4, -0.2) is 33.2 Å². The number of anilines is 1. The molecule has 0 saturated heterocycles. The zero-order valence-corrected chi connectivity index (χ0v) is 16.3. The van der Waals surface area contributed by atoms with Crippen molar-refractivity contribution in [3.63, 3.8) is 0 Å². The Balaban J connectivity index is 2.29. The van der Waals surface area contributed by atoms with Gasteiger partial charge in [-0.1, -0.05) is 26.0 Å². The molecule has 7 nitrogen and oxygen atoms in total. The zero-order chi connectivity index (χ0) is 19.7. The number of benzene rings is 1. The molecule has 3 aromatic rings. The molecule has 7 heteroatoms. The molecule has 0 radical (unpaired) electrons. The maximum atomic E-state index is 12.9. The van der Waals surface area contributed by atoms with Gasteiger partial charge in [0.25, 0.3) is 5.56 Å². The van der Waals surface area contributed by atoms with Crippen LogP contribution in [0.25, 0.3) is 22.3 Å². The fraction of sp³-hybridized carbons (Fsp3) is 0.400. The van der Waals surface area contributed by atoms with E-state index in [1.54, 1.807) is 10.6 Å². The van der Waals surface area contributed by atoms with Crippen LogP contribution in [-0.2, 0) is 13.1 Å². The number of aromatic nitrogens is 3. The number of hydrogen-bond acceptors (Lipinski definition) is 4. The van der Waals surface area contributed by atoms with Crippen LogP contribution in [0.4, 0.5) is 5.69 Å². The Morgan fingerprint density at radius 2 is 1.56 bits per heavy atom. The molecule has 27 heavy (non-hydrogen) atoms. The Kier molecular flexibility index (Phi) is 5.12. The van der Waals surface area contributed by atoms with Crippen molar-refractivity contribution in [3.05, 3.63) is 51.2 Å². The highest BCUT2D eigenvalue weighted by Gasteiger charge is 2.20. The third-order valence-electron chi connectivity index (χ3n) is 4.73. The summed E-state index contributed by atoms with van der Waals surface area (Å²) in [6, 6.07) is 9.39. The summed E-state index contributed by atoms with van der Waals surface area (Å²) in [6.45, 7) is 4.71. The minimum absolute atomic E-state index is 0.142. The van der Waals surface area contributed by atoms with Crippen LogP contribution in [0.15, 0.2) is 39.9 Å². The lowest BCUT2D eigenvalue weighted by Crippen LogP contribution is -2.40. The number of rotatable bonds is 6. The summed E-state index contributed by atoms with van der Waals surface area (Å²) in [5.41, 5.74) is 2.13. The molecular weight excluding hydrogens is 344 g/mol. The van der Waals surface area contributed by atoms with Gasteiger partial charge in [-0.3, -0.25) is 13.9 Å². The first-order chi connectivity index (χ1) is 12.9. The smallest absolute Gasteiger partial charge is 0.331 e. The predicted octanol–water partition coefficient (Wildman–Crippen LogP) is 2.76. The molecule has 0 saturated carbocycles. The van der Waals surface area contributed by atoms with Crippen molar-refractivity contribution in [2.75, 3.05) is 19.0 Å². The molecule has 3 rings (SSSR count). The van der Waals surface area contributed by atoms with Crippen LogP contribution in [0.5, 0.6) is 0 Å². The Bertz CT molecular complexity index is 1070. The van der Waals surface area contributed by atoms with Crippen molar-refractivity contribution in [3.8, 4) is 11.3 Å². The monoisotopic (exact) mass is 370 g/mol. The maximum absolute atomic E-state index is 12.9. The third kappa shape index (κ3) is 3.13. The summed E-state index contributed by atoms with van der Waals surface area (Å²) in [5, 5.41) is 10.8. The molecule has 0 fully saturated rings. The normalized spacial score (nSPS) is 11.3. The fourth-order valence-corrected chi connectivity index (χ4v) is 3.35. The Labute approximate surface area is 157 Å². The average Bonchev–Trinajstić information content (AvgIpc) is 2.99. The van der Waals surface area contributed by atoms with Gasteiger partial charge < -0.3 is 10.1 Å². The minimum atomic E-state index is -0.456. The van der Waals surface area contributed by atoms with E-state index in [4.69, 9.17) is 0 Å². The summed E-state index contributed by atoms with van der Waals surface area (Å²) in [7, 11) is 3.91. The standard InChI is InChI=1S/C20H26N4O3/c1-5-11-22-17-13-16(14-7-9-15(10-8-14)21(3)4)24(27)18(17)19(25)23(12-6-2)20(22)26/h7-10,13,27H,5-6,11-12H2,1-4H3. The van der Waals surface area contributed by atoms with E-state index in [9.17, 15) is 14.8 Å². The molecule has 0 aliphatic heterocycles. The van der Waals surface area contributed by atoms with Crippen molar-refractivity contribution in [2.24, 2.45) is 0 Å². The zero-order valence-electron chi connectivity index (χ0n) is 16.3. The first-order valence-corrected chi connectivity index (χ1v) is 9.26. The topological polar surface area (TPSA) is 72.4 Å². The summed E-state index contributed by atoms with van der Waals surface area (Å²) < 4.78 is 3.71. The van der Waals surface area contributed by atoms with Gasteiger partial charge in [0.05, 0.1) is 11.2 Å². The van der Waals surface area contributed by atoms with E-state index in [2.05, 4.69) is 0 Å². The molecule has 2 heterocycles. The summed E-state index contributed by atoms with van der Waals surface area (Å²) >= 11 is 0. The second-order valence-corrected chi connectivity index (χ2v) is 6.91. The lowest BCUT2D eigenvalue weighted by atomic mass is 10.1. The van der Waals surface area contributed by atoms with E-state index in [0.29, 0.717) is 30.7 Å². The van der Waals surface area contributed by atoms with E-state index >= 15 is 0 Å². The molecule has 0 spiro atoms. The molecule has 0 atom stereocenters. The van der Waals surface area contributed by atoms with E-state index in [1.807, 2.05) is 57.1 Å². The SMILES string of the molecule is CCCn1c(=O)c2c(cc(-c3ccc(N(C)C)cc3)n2O)n(CCC)c1=O. The predicted molar refractivity (Wildman–Crippen MR) is 108 cm³/mol. The highest BCUT2D eigenvalue weighted by atomic mass is 16.5. The van der Waals surface area contributed by atoms with Crippen molar-refractivity contribution in [2.45, 2.75) is 39.8 Å². The van der Waals surface area contributed by atoms with Gasteiger partial charge >= 0.3 is 5.69 Å². The van der Waals surface area contributed by atoms with Gasteiger partial charge in [-0.15, -0.1) is 0 Å². The number of fused-ring (bicyclic) bond motifs is 1. The second-order valence-electron chi connectivity index (χ2n) is 6.91. The number of aryl methyl sites for hydroxylation is 1. The fourth-order valence-electron chi connectivity index (χ4n) is 3.35. The van der Waals surface area contributed by atoms with Gasteiger partial charge in [-0.25, -0.2) is 4.79 Å². The second kappa shape index (κ2) is 7.34. The highest BCUT2D eigenvalue weighted by molar-refractivity contribution is 5.83. The third-order valence-corrected chi connectivity index (χ3v) is 4.73.